The Morgan fingerprint density at radius 1 is 1.18 bits per heavy atom. The molecule has 0 radical (unpaired) electrons. The van der Waals surface area contributed by atoms with Crippen LogP contribution in [0.2, 0.25) is 5.15 Å². The van der Waals surface area contributed by atoms with Gasteiger partial charge in [0, 0.05) is 18.7 Å². The predicted molar refractivity (Wildman–Crippen MR) is 101 cm³/mol. The Kier molecular flexibility index (Phi) is 4.07. The standard InChI is InChI=1S/C18H14ClF2N5O2/c1-7(2)12-13-11(25(3)6-22-13)5-9(20)14(12)26-16-8(17(27)24-18(26)28)4-10(21)15(19)23-16/h4-7H,1-3H3,(H,24,27,28). The van der Waals surface area contributed by atoms with E-state index in [9.17, 15) is 14.0 Å². The van der Waals surface area contributed by atoms with E-state index >= 15 is 4.39 Å². The lowest BCUT2D eigenvalue weighted by molar-refractivity contribution is 0.610. The third-order valence-electron chi connectivity index (χ3n) is 4.58. The van der Waals surface area contributed by atoms with Gasteiger partial charge in [-0.15, -0.1) is 0 Å². The fourth-order valence-corrected chi connectivity index (χ4v) is 3.47. The van der Waals surface area contributed by atoms with Crippen LogP contribution < -0.4 is 11.2 Å². The molecule has 0 aliphatic carbocycles. The lowest BCUT2D eigenvalue weighted by Gasteiger charge is -2.18. The second-order valence-corrected chi connectivity index (χ2v) is 7.08. The summed E-state index contributed by atoms with van der Waals surface area (Å²) in [7, 11) is 1.73. The monoisotopic (exact) mass is 405 g/mol. The first-order valence-corrected chi connectivity index (χ1v) is 8.73. The average molecular weight is 406 g/mol. The van der Waals surface area contributed by atoms with Crippen LogP contribution in [0.25, 0.3) is 27.8 Å². The maximum absolute atomic E-state index is 15.2. The van der Waals surface area contributed by atoms with Crippen LogP contribution >= 0.6 is 11.6 Å². The normalized spacial score (nSPS) is 11.8. The molecule has 0 fully saturated rings. The van der Waals surface area contributed by atoms with Crippen LogP contribution in [0, 0.1) is 11.6 Å². The van der Waals surface area contributed by atoms with E-state index in [4.69, 9.17) is 11.6 Å². The van der Waals surface area contributed by atoms with Gasteiger partial charge in [0.15, 0.2) is 16.6 Å². The lowest BCUT2D eigenvalue weighted by Crippen LogP contribution is -2.31. The number of aromatic amines is 1. The summed E-state index contributed by atoms with van der Waals surface area (Å²) >= 11 is 5.77. The Morgan fingerprint density at radius 2 is 1.89 bits per heavy atom. The van der Waals surface area contributed by atoms with Crippen LogP contribution in [0.3, 0.4) is 0 Å². The molecular formula is C18H14ClF2N5O2. The molecule has 3 heterocycles. The molecule has 7 nitrogen and oxygen atoms in total. The number of H-pyrrole nitrogens is 1. The summed E-state index contributed by atoms with van der Waals surface area (Å²) in [5.74, 6) is -1.86. The lowest BCUT2D eigenvalue weighted by atomic mass is 9.98. The fourth-order valence-electron chi connectivity index (χ4n) is 3.34. The van der Waals surface area contributed by atoms with Gasteiger partial charge < -0.3 is 4.57 Å². The zero-order valence-electron chi connectivity index (χ0n) is 15.0. The molecule has 0 aliphatic rings. The summed E-state index contributed by atoms with van der Waals surface area (Å²) in [6.07, 6.45) is 1.54. The van der Waals surface area contributed by atoms with Gasteiger partial charge in [-0.1, -0.05) is 25.4 Å². The second kappa shape index (κ2) is 6.23. The number of nitrogens with one attached hydrogen (secondary N) is 1. The van der Waals surface area contributed by atoms with Crippen LogP contribution in [0.5, 0.6) is 0 Å². The van der Waals surface area contributed by atoms with Gasteiger partial charge in [-0.2, -0.15) is 0 Å². The summed E-state index contributed by atoms with van der Waals surface area (Å²) in [5.41, 5.74) is -0.599. The van der Waals surface area contributed by atoms with Crippen molar-refractivity contribution in [3.63, 3.8) is 0 Å². The SMILES string of the molecule is CC(C)c1c(-n2c(=O)[nH]c(=O)c3cc(F)c(Cl)nc32)c(F)cc2c1ncn2C. The van der Waals surface area contributed by atoms with E-state index in [1.807, 2.05) is 13.8 Å². The first-order chi connectivity index (χ1) is 13.2. The van der Waals surface area contributed by atoms with Gasteiger partial charge >= 0.3 is 5.69 Å². The van der Waals surface area contributed by atoms with Crippen LogP contribution in [-0.4, -0.2) is 24.1 Å². The smallest absolute Gasteiger partial charge is 0.334 e. The molecule has 3 aromatic heterocycles. The van der Waals surface area contributed by atoms with Crippen molar-refractivity contribution in [2.24, 2.45) is 7.05 Å². The zero-order chi connectivity index (χ0) is 20.3. The van der Waals surface area contributed by atoms with Crippen molar-refractivity contribution in [2.75, 3.05) is 0 Å². The third kappa shape index (κ3) is 2.54. The van der Waals surface area contributed by atoms with Crippen molar-refractivity contribution in [3.8, 4) is 5.69 Å². The molecule has 4 aromatic rings. The Morgan fingerprint density at radius 3 is 2.57 bits per heavy atom. The molecule has 0 amide bonds. The molecule has 0 atom stereocenters. The minimum absolute atomic E-state index is 0.109. The zero-order valence-corrected chi connectivity index (χ0v) is 15.8. The number of aromatic nitrogens is 5. The molecule has 144 valence electrons. The van der Waals surface area contributed by atoms with Crippen LogP contribution in [-0.2, 0) is 7.05 Å². The van der Waals surface area contributed by atoms with Crippen LogP contribution in [0.1, 0.15) is 25.3 Å². The number of fused-ring (bicyclic) bond motifs is 2. The summed E-state index contributed by atoms with van der Waals surface area (Å²) in [6, 6.07) is 2.11. The summed E-state index contributed by atoms with van der Waals surface area (Å²) in [5, 5.41) is -0.756. The Hall–Kier alpha value is -3.07. The van der Waals surface area contributed by atoms with Gasteiger partial charge in [0.05, 0.1) is 28.4 Å². The van der Waals surface area contributed by atoms with Crippen LogP contribution in [0.15, 0.2) is 28.0 Å². The molecule has 10 heteroatoms. The summed E-state index contributed by atoms with van der Waals surface area (Å²) in [6.45, 7) is 3.65. The highest BCUT2D eigenvalue weighted by Crippen LogP contribution is 2.33. The Bertz CT molecular complexity index is 1390. The van der Waals surface area contributed by atoms with Crippen molar-refractivity contribution in [1.82, 2.24) is 24.1 Å². The van der Waals surface area contributed by atoms with Gasteiger partial charge in [0.2, 0.25) is 0 Å². The number of nitrogens with zero attached hydrogens (tertiary/aromatic N) is 4. The average Bonchev–Trinajstić information content (AvgIpc) is 2.97. The summed E-state index contributed by atoms with van der Waals surface area (Å²) < 4.78 is 31.6. The molecule has 1 N–H and O–H groups in total. The first kappa shape index (κ1) is 18.3. The predicted octanol–water partition coefficient (Wildman–Crippen LogP) is 3.02. The highest BCUT2D eigenvalue weighted by Gasteiger charge is 2.24. The van der Waals surface area contributed by atoms with E-state index < -0.39 is 28.0 Å². The maximum atomic E-state index is 15.2. The number of halogens is 3. The number of hydrogen-bond acceptors (Lipinski definition) is 4. The number of pyridine rings is 1. The first-order valence-electron chi connectivity index (χ1n) is 8.35. The number of imidazole rings is 1. The van der Waals surface area contributed by atoms with E-state index in [-0.39, 0.29) is 22.6 Å². The molecule has 0 spiro atoms. The van der Waals surface area contributed by atoms with Gasteiger partial charge in [0.1, 0.15) is 5.82 Å². The highest BCUT2D eigenvalue weighted by molar-refractivity contribution is 6.29. The second-order valence-electron chi connectivity index (χ2n) is 6.73. The Labute approximate surface area is 161 Å². The van der Waals surface area contributed by atoms with E-state index in [1.165, 1.54) is 12.4 Å². The highest BCUT2D eigenvalue weighted by atomic mass is 35.5. The number of hydrogen-bond donors (Lipinski definition) is 1. The minimum Gasteiger partial charge on any atom is -0.334 e. The van der Waals surface area contributed by atoms with Crippen molar-refractivity contribution in [1.29, 1.82) is 0 Å². The van der Waals surface area contributed by atoms with E-state index in [0.717, 1.165) is 10.6 Å². The van der Waals surface area contributed by atoms with E-state index in [1.54, 1.807) is 11.6 Å². The number of rotatable bonds is 2. The molecule has 28 heavy (non-hydrogen) atoms. The van der Waals surface area contributed by atoms with Gasteiger partial charge in [-0.3, -0.25) is 9.78 Å². The molecule has 0 aliphatic heterocycles. The summed E-state index contributed by atoms with van der Waals surface area (Å²) in [4.78, 5) is 35.0. The van der Waals surface area contributed by atoms with E-state index in [2.05, 4.69) is 15.0 Å². The largest absolute Gasteiger partial charge is 0.334 e. The van der Waals surface area contributed by atoms with Gasteiger partial charge in [-0.25, -0.2) is 28.1 Å². The molecule has 4 rings (SSSR count). The number of aryl methyl sites for hydroxylation is 1. The molecule has 1 aromatic carbocycles. The fraction of sp³-hybridized carbons (Fsp3) is 0.222. The van der Waals surface area contributed by atoms with Crippen molar-refractivity contribution in [3.05, 3.63) is 61.6 Å². The Balaban J connectivity index is 2.27. The minimum atomic E-state index is -0.922. The van der Waals surface area contributed by atoms with E-state index in [0.29, 0.717) is 16.6 Å². The van der Waals surface area contributed by atoms with Crippen molar-refractivity contribution < 1.29 is 8.78 Å². The number of benzene rings is 1. The van der Waals surface area contributed by atoms with Crippen molar-refractivity contribution in [2.45, 2.75) is 19.8 Å². The quantitative estimate of drug-likeness (QED) is 0.519. The molecule has 0 bridgehead atoms. The topological polar surface area (TPSA) is 85.6 Å². The van der Waals surface area contributed by atoms with Crippen molar-refractivity contribution >= 4 is 33.7 Å². The van der Waals surface area contributed by atoms with Gasteiger partial charge in [0.25, 0.3) is 5.56 Å². The molecule has 0 saturated heterocycles. The molecule has 0 unspecified atom stereocenters. The molecular weight excluding hydrogens is 392 g/mol. The third-order valence-corrected chi connectivity index (χ3v) is 4.84. The maximum Gasteiger partial charge on any atom is 0.334 e. The van der Waals surface area contributed by atoms with Crippen LogP contribution in [0.4, 0.5) is 8.78 Å². The van der Waals surface area contributed by atoms with Gasteiger partial charge in [-0.05, 0) is 12.0 Å². The molecule has 0 saturated carbocycles.